The molecule has 0 amide bonds. The Morgan fingerprint density at radius 3 is 2.46 bits per heavy atom. The van der Waals surface area contributed by atoms with Crippen molar-refractivity contribution in [2.45, 2.75) is 26.3 Å². The quantitative estimate of drug-likeness (QED) is 0.536. The highest BCUT2D eigenvalue weighted by molar-refractivity contribution is 4.95. The van der Waals surface area contributed by atoms with Crippen LogP contribution in [0.3, 0.4) is 0 Å². The van der Waals surface area contributed by atoms with E-state index in [4.69, 9.17) is 5.84 Å². The highest BCUT2D eigenvalue weighted by atomic mass is 15.2. The second-order valence-electron chi connectivity index (χ2n) is 3.46. The maximum Gasteiger partial charge on any atom is 0.146 e. The zero-order chi connectivity index (χ0) is 9.68. The molecule has 72 valence electrons. The Morgan fingerprint density at radius 1 is 1.38 bits per heavy atom. The summed E-state index contributed by atoms with van der Waals surface area (Å²) >= 11 is 0. The van der Waals surface area contributed by atoms with Crippen LogP contribution in [0.15, 0.2) is 18.5 Å². The normalized spacial score (nSPS) is 13.2. The van der Waals surface area contributed by atoms with Crippen LogP contribution in [0.5, 0.6) is 0 Å². The number of aromatic nitrogens is 2. The third-order valence-corrected chi connectivity index (χ3v) is 1.81. The SMILES string of the molecule is CC(C)CC(NN)c1ncccn1. The number of nitrogens with two attached hydrogens (primary N) is 1. The van der Waals surface area contributed by atoms with Gasteiger partial charge in [0.05, 0.1) is 6.04 Å². The molecule has 1 aromatic heterocycles. The Balaban J connectivity index is 2.67. The Labute approximate surface area is 78.6 Å². The van der Waals surface area contributed by atoms with Crippen LogP contribution in [0, 0.1) is 5.92 Å². The van der Waals surface area contributed by atoms with Crippen LogP contribution in [0.1, 0.15) is 32.1 Å². The van der Waals surface area contributed by atoms with Gasteiger partial charge in [-0.1, -0.05) is 13.8 Å². The van der Waals surface area contributed by atoms with E-state index in [2.05, 4.69) is 29.2 Å². The van der Waals surface area contributed by atoms with Gasteiger partial charge in [0.15, 0.2) is 0 Å². The lowest BCUT2D eigenvalue weighted by atomic mass is 10.0. The zero-order valence-corrected chi connectivity index (χ0v) is 8.07. The van der Waals surface area contributed by atoms with Gasteiger partial charge in [0.1, 0.15) is 5.82 Å². The Hall–Kier alpha value is -1.00. The summed E-state index contributed by atoms with van der Waals surface area (Å²) in [6.45, 7) is 4.29. The van der Waals surface area contributed by atoms with Crippen molar-refractivity contribution < 1.29 is 0 Å². The molecule has 3 N–H and O–H groups in total. The van der Waals surface area contributed by atoms with Crippen molar-refractivity contribution in [2.75, 3.05) is 0 Å². The van der Waals surface area contributed by atoms with Crippen molar-refractivity contribution in [1.82, 2.24) is 15.4 Å². The minimum atomic E-state index is 0.0567. The van der Waals surface area contributed by atoms with Gasteiger partial charge in [-0.05, 0) is 18.4 Å². The smallest absolute Gasteiger partial charge is 0.146 e. The van der Waals surface area contributed by atoms with Crippen molar-refractivity contribution >= 4 is 0 Å². The molecule has 0 radical (unpaired) electrons. The molecular weight excluding hydrogens is 164 g/mol. The minimum Gasteiger partial charge on any atom is -0.271 e. The van der Waals surface area contributed by atoms with E-state index in [-0.39, 0.29) is 6.04 Å². The molecule has 0 aliphatic carbocycles. The van der Waals surface area contributed by atoms with Gasteiger partial charge in [0.2, 0.25) is 0 Å². The van der Waals surface area contributed by atoms with Gasteiger partial charge in [-0.3, -0.25) is 5.84 Å². The molecule has 0 spiro atoms. The van der Waals surface area contributed by atoms with Crippen LogP contribution in [-0.4, -0.2) is 9.97 Å². The predicted molar refractivity (Wildman–Crippen MR) is 51.6 cm³/mol. The van der Waals surface area contributed by atoms with Crippen molar-refractivity contribution in [1.29, 1.82) is 0 Å². The largest absolute Gasteiger partial charge is 0.271 e. The van der Waals surface area contributed by atoms with E-state index < -0.39 is 0 Å². The van der Waals surface area contributed by atoms with E-state index in [1.54, 1.807) is 18.5 Å². The third-order valence-electron chi connectivity index (χ3n) is 1.81. The van der Waals surface area contributed by atoms with Crippen molar-refractivity contribution in [3.63, 3.8) is 0 Å². The lowest BCUT2D eigenvalue weighted by molar-refractivity contribution is 0.421. The molecule has 0 saturated carbocycles. The molecule has 1 rings (SSSR count). The van der Waals surface area contributed by atoms with E-state index in [1.165, 1.54) is 0 Å². The fourth-order valence-electron chi connectivity index (χ4n) is 1.21. The van der Waals surface area contributed by atoms with Crippen LogP contribution < -0.4 is 11.3 Å². The Bertz CT molecular complexity index is 235. The lowest BCUT2D eigenvalue weighted by Crippen LogP contribution is -2.30. The van der Waals surface area contributed by atoms with Crippen LogP contribution >= 0.6 is 0 Å². The molecule has 4 nitrogen and oxygen atoms in total. The maximum atomic E-state index is 5.42. The molecule has 0 fully saturated rings. The van der Waals surface area contributed by atoms with Crippen LogP contribution in [0.4, 0.5) is 0 Å². The molecule has 0 saturated heterocycles. The molecule has 0 aromatic carbocycles. The van der Waals surface area contributed by atoms with E-state index in [0.717, 1.165) is 12.2 Å². The summed E-state index contributed by atoms with van der Waals surface area (Å²) in [5, 5.41) is 0. The average Bonchev–Trinajstić information content (AvgIpc) is 2.15. The van der Waals surface area contributed by atoms with Gasteiger partial charge >= 0.3 is 0 Å². The van der Waals surface area contributed by atoms with Gasteiger partial charge < -0.3 is 0 Å². The summed E-state index contributed by atoms with van der Waals surface area (Å²) in [6.07, 6.45) is 4.40. The topological polar surface area (TPSA) is 63.8 Å². The first-order valence-corrected chi connectivity index (χ1v) is 4.47. The van der Waals surface area contributed by atoms with Crippen LogP contribution in [0.2, 0.25) is 0 Å². The maximum absolute atomic E-state index is 5.42. The average molecular weight is 180 g/mol. The summed E-state index contributed by atoms with van der Waals surface area (Å²) in [7, 11) is 0. The van der Waals surface area contributed by atoms with Crippen molar-refractivity contribution in [3.8, 4) is 0 Å². The fourth-order valence-corrected chi connectivity index (χ4v) is 1.21. The first-order valence-electron chi connectivity index (χ1n) is 4.47. The molecule has 13 heavy (non-hydrogen) atoms. The standard InChI is InChI=1S/C9H16N4/c1-7(2)6-8(13-10)9-11-4-3-5-12-9/h3-5,7-8,13H,6,10H2,1-2H3. The summed E-state index contributed by atoms with van der Waals surface area (Å²) < 4.78 is 0. The lowest BCUT2D eigenvalue weighted by Gasteiger charge is -2.15. The minimum absolute atomic E-state index is 0.0567. The molecule has 1 heterocycles. The number of nitrogens with one attached hydrogen (secondary N) is 1. The van der Waals surface area contributed by atoms with Gasteiger partial charge in [-0.15, -0.1) is 0 Å². The van der Waals surface area contributed by atoms with E-state index in [0.29, 0.717) is 5.92 Å². The summed E-state index contributed by atoms with van der Waals surface area (Å²) in [4.78, 5) is 8.30. The highest BCUT2D eigenvalue weighted by Crippen LogP contribution is 2.15. The van der Waals surface area contributed by atoms with E-state index in [1.807, 2.05) is 0 Å². The molecule has 0 aliphatic rings. The molecule has 0 bridgehead atoms. The van der Waals surface area contributed by atoms with E-state index >= 15 is 0 Å². The third kappa shape index (κ3) is 3.08. The number of hydrazine groups is 1. The summed E-state index contributed by atoms with van der Waals surface area (Å²) in [5.74, 6) is 6.76. The predicted octanol–water partition coefficient (Wildman–Crippen LogP) is 1.03. The van der Waals surface area contributed by atoms with Crippen LogP contribution in [0.25, 0.3) is 0 Å². The monoisotopic (exact) mass is 180 g/mol. The Kier molecular flexibility index (Phi) is 3.79. The first kappa shape index (κ1) is 10.1. The highest BCUT2D eigenvalue weighted by Gasteiger charge is 2.13. The second kappa shape index (κ2) is 4.89. The molecule has 4 heteroatoms. The number of hydrogen-bond donors (Lipinski definition) is 2. The van der Waals surface area contributed by atoms with Gasteiger partial charge in [0.25, 0.3) is 0 Å². The van der Waals surface area contributed by atoms with Gasteiger partial charge in [-0.2, -0.15) is 0 Å². The molecule has 1 aromatic rings. The van der Waals surface area contributed by atoms with Crippen LogP contribution in [-0.2, 0) is 0 Å². The molecule has 1 atom stereocenters. The van der Waals surface area contributed by atoms with Gasteiger partial charge in [0, 0.05) is 12.4 Å². The van der Waals surface area contributed by atoms with Gasteiger partial charge in [-0.25, -0.2) is 15.4 Å². The fraction of sp³-hybridized carbons (Fsp3) is 0.556. The number of nitrogens with zero attached hydrogens (tertiary/aromatic N) is 2. The molecular formula is C9H16N4. The first-order chi connectivity index (χ1) is 6.24. The molecule has 0 aliphatic heterocycles. The van der Waals surface area contributed by atoms with Crippen molar-refractivity contribution in [3.05, 3.63) is 24.3 Å². The summed E-state index contributed by atoms with van der Waals surface area (Å²) in [5.41, 5.74) is 2.72. The summed E-state index contributed by atoms with van der Waals surface area (Å²) in [6, 6.07) is 1.85. The zero-order valence-electron chi connectivity index (χ0n) is 8.07. The number of hydrogen-bond acceptors (Lipinski definition) is 4. The van der Waals surface area contributed by atoms with E-state index in [9.17, 15) is 0 Å². The Morgan fingerprint density at radius 2 is 2.00 bits per heavy atom. The second-order valence-corrected chi connectivity index (χ2v) is 3.46. The number of rotatable bonds is 4. The van der Waals surface area contributed by atoms with Crippen molar-refractivity contribution in [2.24, 2.45) is 11.8 Å². The molecule has 1 unspecified atom stereocenters.